The average Bonchev–Trinajstić information content (AvgIpc) is 3.06. The van der Waals surface area contributed by atoms with Gasteiger partial charge in [-0.1, -0.05) is 18.2 Å². The lowest BCUT2D eigenvalue weighted by Gasteiger charge is -2.13. The van der Waals surface area contributed by atoms with Gasteiger partial charge < -0.3 is 14.2 Å². The molecule has 33 heavy (non-hydrogen) atoms. The van der Waals surface area contributed by atoms with Crippen LogP contribution in [0.25, 0.3) is 6.08 Å². The molecule has 0 aliphatic carbocycles. The van der Waals surface area contributed by atoms with Crippen LogP contribution in [0, 0.1) is 10.1 Å². The van der Waals surface area contributed by atoms with Crippen molar-refractivity contribution < 1.29 is 28.7 Å². The number of benzene rings is 2. The topological polar surface area (TPSA) is 108 Å². The van der Waals surface area contributed by atoms with E-state index in [1.165, 1.54) is 17.0 Å². The Hall–Kier alpha value is -3.37. The van der Waals surface area contributed by atoms with Gasteiger partial charge >= 0.3 is 0 Å². The third kappa shape index (κ3) is 6.33. The Labute approximate surface area is 195 Å². The first-order valence-corrected chi connectivity index (χ1v) is 11.1. The fourth-order valence-electron chi connectivity index (χ4n) is 3.13. The molecule has 1 fully saturated rings. The molecule has 3 rings (SSSR count). The number of amides is 2. The van der Waals surface area contributed by atoms with E-state index >= 15 is 0 Å². The van der Waals surface area contributed by atoms with E-state index in [2.05, 4.69) is 0 Å². The smallest absolute Gasteiger partial charge is 0.293 e. The Morgan fingerprint density at radius 3 is 2.67 bits per heavy atom. The predicted octanol–water partition coefficient (Wildman–Crippen LogP) is 4.65. The molecule has 1 heterocycles. The molecule has 0 bridgehead atoms. The lowest BCUT2D eigenvalue weighted by atomic mass is 10.1. The number of carbonyl (C=O) groups excluding carboxylic acids is 2. The van der Waals surface area contributed by atoms with Gasteiger partial charge in [0.1, 0.15) is 6.61 Å². The van der Waals surface area contributed by atoms with Gasteiger partial charge in [0.25, 0.3) is 16.8 Å². The summed E-state index contributed by atoms with van der Waals surface area (Å²) in [6.45, 7) is 3.14. The third-order valence-corrected chi connectivity index (χ3v) is 5.59. The van der Waals surface area contributed by atoms with Gasteiger partial charge in [0.05, 0.1) is 16.4 Å². The number of methoxy groups -OCH3 is 1. The van der Waals surface area contributed by atoms with Crippen LogP contribution >= 0.6 is 11.8 Å². The van der Waals surface area contributed by atoms with Crippen molar-refractivity contribution in [3.05, 3.63) is 68.6 Å². The number of hydrogen-bond donors (Lipinski definition) is 0. The largest absolute Gasteiger partial charge is 0.490 e. The Morgan fingerprint density at radius 2 is 1.94 bits per heavy atom. The number of carbonyl (C=O) groups is 2. The van der Waals surface area contributed by atoms with E-state index in [4.69, 9.17) is 14.2 Å². The van der Waals surface area contributed by atoms with Crippen LogP contribution in [0.4, 0.5) is 10.5 Å². The minimum Gasteiger partial charge on any atom is -0.490 e. The van der Waals surface area contributed by atoms with Crippen molar-refractivity contribution in [1.29, 1.82) is 0 Å². The van der Waals surface area contributed by atoms with E-state index in [0.29, 0.717) is 53.7 Å². The van der Waals surface area contributed by atoms with Crippen LogP contribution in [-0.2, 0) is 16.1 Å². The van der Waals surface area contributed by atoms with Crippen molar-refractivity contribution in [3.8, 4) is 11.5 Å². The van der Waals surface area contributed by atoms with Gasteiger partial charge in [-0.15, -0.1) is 0 Å². The van der Waals surface area contributed by atoms with Crippen LogP contribution in [0.3, 0.4) is 0 Å². The average molecular weight is 473 g/mol. The number of nitrogens with zero attached hydrogens (tertiary/aromatic N) is 2. The van der Waals surface area contributed by atoms with E-state index in [-0.39, 0.29) is 23.4 Å². The molecule has 1 aliphatic heterocycles. The summed E-state index contributed by atoms with van der Waals surface area (Å²) >= 11 is 0.900. The highest BCUT2D eigenvalue weighted by Crippen LogP contribution is 2.35. The highest BCUT2D eigenvalue weighted by atomic mass is 32.2. The molecule has 9 nitrogen and oxygen atoms in total. The van der Waals surface area contributed by atoms with Crippen molar-refractivity contribution in [3.63, 3.8) is 0 Å². The van der Waals surface area contributed by atoms with E-state index in [1.807, 2.05) is 6.92 Å². The highest BCUT2D eigenvalue weighted by Gasteiger charge is 2.34. The number of imide groups is 1. The Morgan fingerprint density at radius 1 is 1.12 bits per heavy atom. The van der Waals surface area contributed by atoms with Crippen molar-refractivity contribution in [2.45, 2.75) is 20.0 Å². The molecule has 1 saturated heterocycles. The zero-order valence-electron chi connectivity index (χ0n) is 18.3. The molecule has 10 heteroatoms. The lowest BCUT2D eigenvalue weighted by Crippen LogP contribution is -2.29. The maximum absolute atomic E-state index is 12.6. The first-order valence-electron chi connectivity index (χ1n) is 10.3. The number of ether oxygens (including phenoxy) is 3. The maximum Gasteiger partial charge on any atom is 0.293 e. The van der Waals surface area contributed by atoms with Crippen molar-refractivity contribution >= 4 is 34.7 Å². The van der Waals surface area contributed by atoms with Gasteiger partial charge in [-0.3, -0.25) is 24.6 Å². The molecule has 0 atom stereocenters. The van der Waals surface area contributed by atoms with E-state index < -0.39 is 4.92 Å². The standard InChI is InChI=1S/C23H24N2O7S/c1-3-31-20-13-16(14-21-22(26)24(23(27)33-21)10-5-11-30-2)8-9-19(20)32-15-17-6-4-7-18(12-17)25(28)29/h4,6-9,12-14H,3,5,10-11,15H2,1-2H3/b21-14+. The van der Waals surface area contributed by atoms with Crippen LogP contribution in [0.1, 0.15) is 24.5 Å². The molecule has 2 amide bonds. The Kier molecular flexibility index (Phi) is 8.45. The van der Waals surface area contributed by atoms with Crippen LogP contribution in [0.15, 0.2) is 47.4 Å². The summed E-state index contributed by atoms with van der Waals surface area (Å²) in [6.07, 6.45) is 2.22. The van der Waals surface area contributed by atoms with Gasteiger partial charge in [0.2, 0.25) is 0 Å². The lowest BCUT2D eigenvalue weighted by molar-refractivity contribution is -0.384. The number of nitro benzene ring substituents is 1. The summed E-state index contributed by atoms with van der Waals surface area (Å²) in [6, 6.07) is 11.4. The number of rotatable bonds is 11. The third-order valence-electron chi connectivity index (χ3n) is 4.68. The molecule has 0 unspecified atom stereocenters. The molecule has 0 saturated carbocycles. The Bertz CT molecular complexity index is 1070. The van der Waals surface area contributed by atoms with Gasteiger partial charge in [-0.25, -0.2) is 0 Å². The fraction of sp³-hybridized carbons (Fsp3) is 0.304. The highest BCUT2D eigenvalue weighted by molar-refractivity contribution is 8.18. The number of non-ortho nitro benzene ring substituents is 1. The number of thioether (sulfide) groups is 1. The minimum absolute atomic E-state index is 0.00681. The van der Waals surface area contributed by atoms with Gasteiger partial charge in [0, 0.05) is 32.4 Å². The predicted molar refractivity (Wildman–Crippen MR) is 124 cm³/mol. The second-order valence-electron chi connectivity index (χ2n) is 7.03. The number of hydrogen-bond acceptors (Lipinski definition) is 8. The van der Waals surface area contributed by atoms with Crippen LogP contribution in [-0.4, -0.2) is 47.8 Å². The zero-order chi connectivity index (χ0) is 23.8. The second-order valence-corrected chi connectivity index (χ2v) is 8.03. The summed E-state index contributed by atoms with van der Waals surface area (Å²) in [7, 11) is 1.57. The second kappa shape index (κ2) is 11.5. The quantitative estimate of drug-likeness (QED) is 0.201. The summed E-state index contributed by atoms with van der Waals surface area (Å²) in [4.78, 5) is 36.8. The van der Waals surface area contributed by atoms with Crippen molar-refractivity contribution in [1.82, 2.24) is 4.90 Å². The minimum atomic E-state index is -0.455. The van der Waals surface area contributed by atoms with Gasteiger partial charge in [0.15, 0.2) is 11.5 Å². The SMILES string of the molecule is CCOc1cc(/C=C2/SC(=O)N(CCCOC)C2=O)ccc1OCc1cccc([N+](=O)[O-])c1. The molecule has 0 aromatic heterocycles. The molecule has 2 aromatic rings. The van der Waals surface area contributed by atoms with Gasteiger partial charge in [-0.2, -0.15) is 0 Å². The maximum atomic E-state index is 12.6. The van der Waals surface area contributed by atoms with E-state index in [9.17, 15) is 19.7 Å². The first-order chi connectivity index (χ1) is 15.9. The number of nitro groups is 1. The molecular weight excluding hydrogens is 448 g/mol. The molecule has 174 valence electrons. The zero-order valence-corrected chi connectivity index (χ0v) is 19.1. The van der Waals surface area contributed by atoms with E-state index in [0.717, 1.165) is 11.8 Å². The summed E-state index contributed by atoms with van der Waals surface area (Å²) in [5, 5.41) is 10.7. The molecule has 0 spiro atoms. The Balaban J connectivity index is 1.74. The fourth-order valence-corrected chi connectivity index (χ4v) is 4.00. The summed E-state index contributed by atoms with van der Waals surface area (Å²) in [5.41, 5.74) is 1.33. The normalized spacial score (nSPS) is 14.7. The van der Waals surface area contributed by atoms with Crippen LogP contribution in [0.2, 0.25) is 0 Å². The van der Waals surface area contributed by atoms with Crippen LogP contribution < -0.4 is 9.47 Å². The van der Waals surface area contributed by atoms with E-state index in [1.54, 1.807) is 43.5 Å². The van der Waals surface area contributed by atoms with Crippen molar-refractivity contribution in [2.24, 2.45) is 0 Å². The molecule has 0 radical (unpaired) electrons. The molecule has 1 aliphatic rings. The summed E-state index contributed by atoms with van der Waals surface area (Å²) < 4.78 is 16.5. The molecular formula is C23H24N2O7S. The monoisotopic (exact) mass is 472 g/mol. The summed E-state index contributed by atoms with van der Waals surface area (Å²) in [5.74, 6) is 0.606. The molecule has 2 aromatic carbocycles. The van der Waals surface area contributed by atoms with Crippen molar-refractivity contribution in [2.75, 3.05) is 26.9 Å². The molecule has 0 N–H and O–H groups in total. The first kappa shape index (κ1) is 24.3. The van der Waals surface area contributed by atoms with Gasteiger partial charge in [-0.05, 0) is 54.4 Å². The van der Waals surface area contributed by atoms with Crippen LogP contribution in [0.5, 0.6) is 11.5 Å².